The molecule has 24 heavy (non-hydrogen) atoms. The van der Waals surface area contributed by atoms with Gasteiger partial charge in [0.05, 0.1) is 12.8 Å². The molecule has 1 fully saturated rings. The van der Waals surface area contributed by atoms with Crippen LogP contribution < -0.4 is 5.32 Å². The highest BCUT2D eigenvalue weighted by molar-refractivity contribution is 7.88. The fourth-order valence-electron chi connectivity index (χ4n) is 2.83. The third-order valence-electron chi connectivity index (χ3n) is 4.16. The fraction of sp³-hybridized carbons (Fsp3) is 0.588. The molecule has 0 saturated carbocycles. The van der Waals surface area contributed by atoms with E-state index in [4.69, 9.17) is 0 Å². The summed E-state index contributed by atoms with van der Waals surface area (Å²) < 4.78 is 25.0. The fourth-order valence-corrected chi connectivity index (χ4v) is 3.57. The summed E-state index contributed by atoms with van der Waals surface area (Å²) in [5.41, 5.74) is 0.866. The summed E-state index contributed by atoms with van der Waals surface area (Å²) in [6.45, 7) is 3.93. The van der Waals surface area contributed by atoms with E-state index in [1.807, 2.05) is 30.3 Å². The van der Waals surface area contributed by atoms with Crippen LogP contribution in [0.25, 0.3) is 0 Å². The molecular formula is C17H27N3O3S. The molecule has 0 spiro atoms. The molecule has 1 saturated heterocycles. The van der Waals surface area contributed by atoms with Crippen molar-refractivity contribution in [1.29, 1.82) is 0 Å². The lowest BCUT2D eigenvalue weighted by atomic mass is 10.2. The Kier molecular flexibility index (Phi) is 7.20. The maximum atomic E-state index is 12.1. The Morgan fingerprint density at radius 3 is 2.50 bits per heavy atom. The zero-order chi connectivity index (χ0) is 17.4. The van der Waals surface area contributed by atoms with E-state index in [0.717, 1.165) is 37.9 Å². The molecule has 0 aromatic heterocycles. The van der Waals surface area contributed by atoms with Crippen molar-refractivity contribution in [3.05, 3.63) is 35.9 Å². The summed E-state index contributed by atoms with van der Waals surface area (Å²) in [7, 11) is -3.44. The highest BCUT2D eigenvalue weighted by Gasteiger charge is 2.20. The predicted octanol–water partition coefficient (Wildman–Crippen LogP) is 1.05. The summed E-state index contributed by atoms with van der Waals surface area (Å²) in [5, 5.41) is 2.82. The van der Waals surface area contributed by atoms with Gasteiger partial charge in [0.15, 0.2) is 0 Å². The maximum Gasteiger partial charge on any atom is 0.235 e. The average molecular weight is 353 g/mol. The number of rotatable bonds is 9. The van der Waals surface area contributed by atoms with Crippen LogP contribution in [-0.4, -0.2) is 62.5 Å². The molecular weight excluding hydrogens is 326 g/mol. The van der Waals surface area contributed by atoms with Gasteiger partial charge in [-0.1, -0.05) is 30.3 Å². The number of hydrogen-bond donors (Lipinski definition) is 1. The van der Waals surface area contributed by atoms with Crippen LogP contribution in [0.1, 0.15) is 24.8 Å². The second-order valence-electron chi connectivity index (χ2n) is 6.27. The van der Waals surface area contributed by atoms with Crippen LogP contribution in [0.5, 0.6) is 0 Å². The largest absolute Gasteiger partial charge is 0.355 e. The van der Waals surface area contributed by atoms with Crippen molar-refractivity contribution in [2.75, 3.05) is 39.0 Å². The quantitative estimate of drug-likeness (QED) is 0.674. The molecule has 0 unspecified atom stereocenters. The molecule has 1 aromatic rings. The molecule has 1 amide bonds. The monoisotopic (exact) mass is 353 g/mol. The number of amides is 1. The van der Waals surface area contributed by atoms with Crippen molar-refractivity contribution in [3.63, 3.8) is 0 Å². The predicted molar refractivity (Wildman–Crippen MR) is 95.0 cm³/mol. The van der Waals surface area contributed by atoms with Gasteiger partial charge in [0.1, 0.15) is 0 Å². The lowest BCUT2D eigenvalue weighted by molar-refractivity contribution is -0.121. The Hall–Kier alpha value is -1.44. The Morgan fingerprint density at radius 2 is 1.88 bits per heavy atom. The molecule has 6 nitrogen and oxygen atoms in total. The molecule has 134 valence electrons. The van der Waals surface area contributed by atoms with Crippen molar-refractivity contribution in [3.8, 4) is 0 Å². The van der Waals surface area contributed by atoms with Crippen molar-refractivity contribution in [2.24, 2.45) is 0 Å². The van der Waals surface area contributed by atoms with Gasteiger partial charge in [-0.05, 0) is 44.5 Å². The highest BCUT2D eigenvalue weighted by Crippen LogP contribution is 2.08. The molecule has 7 heteroatoms. The van der Waals surface area contributed by atoms with E-state index in [2.05, 4.69) is 10.2 Å². The van der Waals surface area contributed by atoms with E-state index >= 15 is 0 Å². The minimum Gasteiger partial charge on any atom is -0.355 e. The van der Waals surface area contributed by atoms with Gasteiger partial charge in [-0.15, -0.1) is 0 Å². The first-order valence-corrected chi connectivity index (χ1v) is 10.3. The van der Waals surface area contributed by atoms with Crippen molar-refractivity contribution >= 4 is 15.9 Å². The van der Waals surface area contributed by atoms with Crippen molar-refractivity contribution < 1.29 is 13.2 Å². The molecule has 0 aliphatic carbocycles. The van der Waals surface area contributed by atoms with Crippen molar-refractivity contribution in [1.82, 2.24) is 14.5 Å². The Bertz CT molecular complexity index is 613. The van der Waals surface area contributed by atoms with Gasteiger partial charge in [-0.25, -0.2) is 8.42 Å². The third kappa shape index (κ3) is 6.59. The maximum absolute atomic E-state index is 12.1. The number of hydrogen-bond acceptors (Lipinski definition) is 4. The zero-order valence-electron chi connectivity index (χ0n) is 14.3. The third-order valence-corrected chi connectivity index (χ3v) is 5.36. The SMILES string of the molecule is CS(=O)(=O)N(CC(=O)NCCCN1CCCC1)Cc1ccccc1. The number of carbonyl (C=O) groups is 1. The standard InChI is InChI=1S/C17H27N3O3S/c1-24(22,23)20(14-16-8-3-2-4-9-16)15-17(21)18-10-7-13-19-11-5-6-12-19/h2-4,8-9H,5-7,10-15H2,1H3,(H,18,21). The molecule has 1 heterocycles. The van der Waals surface area contributed by atoms with Crippen LogP contribution in [0.4, 0.5) is 0 Å². The van der Waals surface area contributed by atoms with E-state index in [-0.39, 0.29) is 19.0 Å². The summed E-state index contributed by atoms with van der Waals surface area (Å²) in [5.74, 6) is -0.252. The lowest BCUT2D eigenvalue weighted by Gasteiger charge is -2.20. The molecule has 1 aromatic carbocycles. The van der Waals surface area contributed by atoms with E-state index in [1.165, 1.54) is 17.1 Å². The average Bonchev–Trinajstić information content (AvgIpc) is 3.04. The van der Waals surface area contributed by atoms with E-state index in [0.29, 0.717) is 6.54 Å². The van der Waals surface area contributed by atoms with Gasteiger partial charge >= 0.3 is 0 Å². The van der Waals surface area contributed by atoms with Crippen LogP contribution in [0.15, 0.2) is 30.3 Å². The van der Waals surface area contributed by atoms with E-state index in [1.54, 1.807) is 0 Å². The van der Waals surface area contributed by atoms with Crippen LogP contribution in [0.2, 0.25) is 0 Å². The van der Waals surface area contributed by atoms with Crippen molar-refractivity contribution in [2.45, 2.75) is 25.8 Å². The lowest BCUT2D eigenvalue weighted by Crippen LogP contribution is -2.40. The van der Waals surface area contributed by atoms with E-state index in [9.17, 15) is 13.2 Å². The first-order valence-electron chi connectivity index (χ1n) is 8.43. The van der Waals surface area contributed by atoms with Gasteiger partial charge < -0.3 is 10.2 Å². The Labute approximate surface area is 144 Å². The molecule has 1 N–H and O–H groups in total. The minimum atomic E-state index is -3.44. The van der Waals surface area contributed by atoms with E-state index < -0.39 is 10.0 Å². The van der Waals surface area contributed by atoms with Gasteiger partial charge in [-0.2, -0.15) is 4.31 Å². The number of nitrogens with zero attached hydrogens (tertiary/aromatic N) is 2. The molecule has 1 aliphatic rings. The smallest absolute Gasteiger partial charge is 0.235 e. The van der Waals surface area contributed by atoms with Crippen LogP contribution >= 0.6 is 0 Å². The van der Waals surface area contributed by atoms with Gasteiger partial charge in [-0.3, -0.25) is 4.79 Å². The van der Waals surface area contributed by atoms with Crippen LogP contribution in [0.3, 0.4) is 0 Å². The number of sulfonamides is 1. The second-order valence-corrected chi connectivity index (χ2v) is 8.25. The highest BCUT2D eigenvalue weighted by atomic mass is 32.2. The number of benzene rings is 1. The van der Waals surface area contributed by atoms with Gasteiger partial charge in [0.2, 0.25) is 15.9 Å². The summed E-state index contributed by atoms with van der Waals surface area (Å²) in [4.78, 5) is 14.4. The molecule has 2 rings (SSSR count). The van der Waals surface area contributed by atoms with Gasteiger partial charge in [0, 0.05) is 13.1 Å². The molecule has 0 atom stereocenters. The van der Waals surface area contributed by atoms with Crippen LogP contribution in [-0.2, 0) is 21.4 Å². The minimum absolute atomic E-state index is 0.141. The Balaban J connectivity index is 1.77. The number of nitrogens with one attached hydrogen (secondary N) is 1. The summed E-state index contributed by atoms with van der Waals surface area (Å²) in [6, 6.07) is 9.29. The van der Waals surface area contributed by atoms with Crippen LogP contribution in [0, 0.1) is 0 Å². The zero-order valence-corrected chi connectivity index (χ0v) is 15.1. The van der Waals surface area contributed by atoms with Gasteiger partial charge in [0.25, 0.3) is 0 Å². The number of likely N-dealkylation sites (tertiary alicyclic amines) is 1. The Morgan fingerprint density at radius 1 is 1.21 bits per heavy atom. The number of carbonyl (C=O) groups excluding carboxylic acids is 1. The summed E-state index contributed by atoms with van der Waals surface area (Å²) >= 11 is 0. The summed E-state index contributed by atoms with van der Waals surface area (Å²) in [6.07, 6.45) is 4.55. The first-order chi connectivity index (χ1) is 11.4. The molecule has 0 radical (unpaired) electrons. The molecule has 0 bridgehead atoms. The second kappa shape index (κ2) is 9.15. The first kappa shape index (κ1) is 18.9. The topological polar surface area (TPSA) is 69.7 Å². The molecule has 1 aliphatic heterocycles. The normalized spacial score (nSPS) is 15.8.